The molecule has 0 aromatic heterocycles. The lowest BCUT2D eigenvalue weighted by Gasteiger charge is -2.21. The Morgan fingerprint density at radius 3 is 2.53 bits per heavy atom. The van der Waals surface area contributed by atoms with Crippen molar-refractivity contribution in [2.75, 3.05) is 0 Å². The quantitative estimate of drug-likeness (QED) is 0.729. The number of carboxylic acids is 1. The fourth-order valence-corrected chi connectivity index (χ4v) is 2.02. The first-order valence-corrected chi connectivity index (χ1v) is 6.16. The second-order valence-electron chi connectivity index (χ2n) is 5.35. The SMILES string of the molecule is CC(C)(CCCCc1cc[c]cc1)CC(=O)O. The van der Waals surface area contributed by atoms with E-state index in [1.807, 2.05) is 26.0 Å². The number of rotatable bonds is 7. The Morgan fingerprint density at radius 1 is 1.29 bits per heavy atom. The van der Waals surface area contributed by atoms with E-state index in [-0.39, 0.29) is 11.8 Å². The summed E-state index contributed by atoms with van der Waals surface area (Å²) < 4.78 is 0. The van der Waals surface area contributed by atoms with Crippen LogP contribution in [0.4, 0.5) is 0 Å². The molecular formula is C15H21O2. The van der Waals surface area contributed by atoms with Crippen molar-refractivity contribution in [2.24, 2.45) is 5.41 Å². The topological polar surface area (TPSA) is 37.3 Å². The Morgan fingerprint density at radius 2 is 1.94 bits per heavy atom. The summed E-state index contributed by atoms with van der Waals surface area (Å²) in [4.78, 5) is 10.7. The van der Waals surface area contributed by atoms with Crippen molar-refractivity contribution >= 4 is 5.97 Å². The van der Waals surface area contributed by atoms with E-state index in [2.05, 4.69) is 18.2 Å². The number of aliphatic carboxylic acids is 1. The minimum absolute atomic E-state index is 0.0870. The number of hydrogen-bond donors (Lipinski definition) is 1. The molecule has 0 aliphatic rings. The number of benzene rings is 1. The molecule has 17 heavy (non-hydrogen) atoms. The molecule has 0 amide bonds. The molecule has 0 aliphatic carbocycles. The molecule has 0 bridgehead atoms. The third-order valence-electron chi connectivity index (χ3n) is 2.99. The highest BCUT2D eigenvalue weighted by molar-refractivity contribution is 5.67. The maximum absolute atomic E-state index is 10.7. The van der Waals surface area contributed by atoms with Gasteiger partial charge in [-0.25, -0.2) is 0 Å². The van der Waals surface area contributed by atoms with Gasteiger partial charge in [-0.1, -0.05) is 44.5 Å². The molecule has 0 spiro atoms. The second-order valence-corrected chi connectivity index (χ2v) is 5.35. The molecule has 1 rings (SSSR count). The molecule has 0 unspecified atom stereocenters. The molecule has 2 heteroatoms. The van der Waals surface area contributed by atoms with Crippen LogP contribution in [0.15, 0.2) is 24.3 Å². The van der Waals surface area contributed by atoms with E-state index in [1.165, 1.54) is 5.56 Å². The van der Waals surface area contributed by atoms with Crippen molar-refractivity contribution < 1.29 is 9.90 Å². The van der Waals surface area contributed by atoms with Crippen molar-refractivity contribution in [3.8, 4) is 0 Å². The smallest absolute Gasteiger partial charge is 0.303 e. The monoisotopic (exact) mass is 233 g/mol. The van der Waals surface area contributed by atoms with E-state index in [1.54, 1.807) is 0 Å². The van der Waals surface area contributed by atoms with E-state index in [0.717, 1.165) is 25.7 Å². The lowest BCUT2D eigenvalue weighted by Crippen LogP contribution is -2.16. The molecule has 0 fully saturated rings. The Balaban J connectivity index is 2.22. The number of carboxylic acid groups (broad SMARTS) is 1. The van der Waals surface area contributed by atoms with Gasteiger partial charge in [0.1, 0.15) is 0 Å². The molecule has 1 N–H and O–H groups in total. The van der Waals surface area contributed by atoms with Crippen LogP contribution < -0.4 is 0 Å². The van der Waals surface area contributed by atoms with Gasteiger partial charge in [0.25, 0.3) is 0 Å². The summed E-state index contributed by atoms with van der Waals surface area (Å²) in [5.74, 6) is -0.700. The van der Waals surface area contributed by atoms with Gasteiger partial charge in [0, 0.05) is 0 Å². The largest absolute Gasteiger partial charge is 0.481 e. The van der Waals surface area contributed by atoms with Gasteiger partial charge in [0.05, 0.1) is 6.42 Å². The van der Waals surface area contributed by atoms with Crippen molar-refractivity contribution in [3.05, 3.63) is 35.9 Å². The zero-order chi connectivity index (χ0) is 12.7. The standard InChI is InChI=1S/C15H21O2/c1-15(2,12-14(16)17)11-7-6-10-13-8-4-3-5-9-13/h4-5,8-9H,6-7,10-12H2,1-2H3,(H,16,17). The van der Waals surface area contributed by atoms with Crippen LogP contribution in [0.25, 0.3) is 0 Å². The third kappa shape index (κ3) is 6.10. The van der Waals surface area contributed by atoms with Gasteiger partial charge in [-0.2, -0.15) is 0 Å². The van der Waals surface area contributed by atoms with Crippen LogP contribution in [0.3, 0.4) is 0 Å². The molecule has 1 aromatic carbocycles. The van der Waals surface area contributed by atoms with Crippen LogP contribution in [0.2, 0.25) is 0 Å². The van der Waals surface area contributed by atoms with Gasteiger partial charge in [0.2, 0.25) is 0 Å². The first kappa shape index (κ1) is 13.8. The lowest BCUT2D eigenvalue weighted by atomic mass is 9.83. The molecular weight excluding hydrogens is 212 g/mol. The molecule has 93 valence electrons. The molecule has 0 saturated carbocycles. The van der Waals surface area contributed by atoms with Crippen LogP contribution in [0.5, 0.6) is 0 Å². The number of carbonyl (C=O) groups is 1. The van der Waals surface area contributed by atoms with Crippen molar-refractivity contribution in [1.29, 1.82) is 0 Å². The summed E-state index contributed by atoms with van der Waals surface area (Å²) in [6.07, 6.45) is 4.50. The normalized spacial score (nSPS) is 11.4. The summed E-state index contributed by atoms with van der Waals surface area (Å²) >= 11 is 0. The third-order valence-corrected chi connectivity index (χ3v) is 2.99. The first-order valence-electron chi connectivity index (χ1n) is 6.16. The van der Waals surface area contributed by atoms with Gasteiger partial charge >= 0.3 is 5.97 Å². The van der Waals surface area contributed by atoms with E-state index < -0.39 is 5.97 Å². The fraction of sp³-hybridized carbons (Fsp3) is 0.533. The highest BCUT2D eigenvalue weighted by Gasteiger charge is 2.20. The summed E-state index contributed by atoms with van der Waals surface area (Å²) in [6.45, 7) is 4.05. The van der Waals surface area contributed by atoms with E-state index >= 15 is 0 Å². The van der Waals surface area contributed by atoms with Crippen LogP contribution in [-0.2, 0) is 11.2 Å². The van der Waals surface area contributed by atoms with Gasteiger partial charge in [-0.05, 0) is 36.3 Å². The molecule has 0 saturated heterocycles. The second kappa shape index (κ2) is 6.43. The minimum Gasteiger partial charge on any atom is -0.481 e. The van der Waals surface area contributed by atoms with Gasteiger partial charge < -0.3 is 5.11 Å². The summed E-state index contributed by atoms with van der Waals surface area (Å²) in [7, 11) is 0. The van der Waals surface area contributed by atoms with Crippen LogP contribution in [-0.4, -0.2) is 11.1 Å². The Bertz CT molecular complexity index is 341. The maximum atomic E-state index is 10.7. The van der Waals surface area contributed by atoms with Crippen LogP contribution >= 0.6 is 0 Å². The van der Waals surface area contributed by atoms with E-state index in [0.29, 0.717) is 0 Å². The Hall–Kier alpha value is -1.31. The van der Waals surface area contributed by atoms with Gasteiger partial charge in [0.15, 0.2) is 0 Å². The van der Waals surface area contributed by atoms with Crippen molar-refractivity contribution in [1.82, 2.24) is 0 Å². The molecule has 0 atom stereocenters. The summed E-state index contributed by atoms with van der Waals surface area (Å²) in [5.41, 5.74) is 1.25. The maximum Gasteiger partial charge on any atom is 0.303 e. The molecule has 2 nitrogen and oxygen atoms in total. The highest BCUT2D eigenvalue weighted by atomic mass is 16.4. The molecule has 1 aromatic rings. The predicted molar refractivity (Wildman–Crippen MR) is 68.9 cm³/mol. The number of hydrogen-bond acceptors (Lipinski definition) is 1. The molecule has 0 heterocycles. The summed E-state index contributed by atoms with van der Waals surface area (Å²) in [5, 5.41) is 8.78. The Kier molecular flexibility index (Phi) is 5.20. The zero-order valence-corrected chi connectivity index (χ0v) is 10.7. The predicted octanol–water partition coefficient (Wildman–Crippen LogP) is 3.70. The Labute approximate surface area is 104 Å². The van der Waals surface area contributed by atoms with E-state index in [9.17, 15) is 4.79 Å². The lowest BCUT2D eigenvalue weighted by molar-refractivity contribution is -0.139. The fourth-order valence-electron chi connectivity index (χ4n) is 2.02. The summed E-state index contributed by atoms with van der Waals surface area (Å²) in [6, 6.07) is 11.0. The number of aryl methyl sites for hydroxylation is 1. The highest BCUT2D eigenvalue weighted by Crippen LogP contribution is 2.27. The minimum atomic E-state index is -0.700. The molecule has 0 aliphatic heterocycles. The van der Waals surface area contributed by atoms with Crippen molar-refractivity contribution in [2.45, 2.75) is 46.0 Å². The van der Waals surface area contributed by atoms with Gasteiger partial charge in [-0.3, -0.25) is 4.79 Å². The van der Waals surface area contributed by atoms with E-state index in [4.69, 9.17) is 5.11 Å². The number of unbranched alkanes of at least 4 members (excludes halogenated alkanes) is 1. The van der Waals surface area contributed by atoms with Crippen LogP contribution in [0.1, 0.15) is 45.1 Å². The zero-order valence-electron chi connectivity index (χ0n) is 10.7. The van der Waals surface area contributed by atoms with Gasteiger partial charge in [-0.15, -0.1) is 0 Å². The van der Waals surface area contributed by atoms with Crippen LogP contribution in [0, 0.1) is 11.5 Å². The molecule has 1 radical (unpaired) electrons. The average Bonchev–Trinajstić information content (AvgIpc) is 2.24. The average molecular weight is 233 g/mol. The van der Waals surface area contributed by atoms with Crippen molar-refractivity contribution in [3.63, 3.8) is 0 Å². The first-order chi connectivity index (χ1) is 7.99.